The molecule has 0 spiro atoms. The van der Waals surface area contributed by atoms with Crippen LogP contribution in [0.15, 0.2) is 47.3 Å². The van der Waals surface area contributed by atoms with Crippen LogP contribution in [0, 0.1) is 24.4 Å². The zero-order valence-corrected chi connectivity index (χ0v) is 23.9. The lowest BCUT2D eigenvalue weighted by atomic mass is 10.1. The third kappa shape index (κ3) is 5.07. The number of ether oxygens (including phenoxy) is 2. The van der Waals surface area contributed by atoms with E-state index in [9.17, 15) is 22.8 Å². The zero-order valence-electron chi connectivity index (χ0n) is 23.1. The van der Waals surface area contributed by atoms with Crippen LogP contribution in [0.25, 0.3) is 15.9 Å². The van der Waals surface area contributed by atoms with Crippen molar-refractivity contribution in [1.29, 1.82) is 0 Å². The molecule has 0 bridgehead atoms. The summed E-state index contributed by atoms with van der Waals surface area (Å²) >= 11 is 0.933. The maximum Gasteiger partial charge on any atom is 0.268 e. The first kappa shape index (κ1) is 28.4. The van der Waals surface area contributed by atoms with Gasteiger partial charge in [-0.25, -0.2) is 18.2 Å². The van der Waals surface area contributed by atoms with E-state index in [-0.39, 0.29) is 32.8 Å². The summed E-state index contributed by atoms with van der Waals surface area (Å²) < 4.78 is 57.0. The number of para-hydroxylation sites is 1. The number of hydrogen-bond donors (Lipinski definition) is 1. The lowest BCUT2D eigenvalue weighted by Crippen LogP contribution is -2.49. The topological polar surface area (TPSA) is 85.7 Å². The highest BCUT2D eigenvalue weighted by Gasteiger charge is 2.44. The molecule has 8 nitrogen and oxygen atoms in total. The number of aryl methyl sites for hydroxylation is 1. The van der Waals surface area contributed by atoms with Crippen LogP contribution >= 0.6 is 11.3 Å². The number of thiophene rings is 1. The van der Waals surface area contributed by atoms with E-state index in [1.807, 2.05) is 6.92 Å². The molecule has 1 unspecified atom stereocenters. The van der Waals surface area contributed by atoms with Gasteiger partial charge in [0.25, 0.3) is 11.5 Å². The fraction of sp³-hybridized carbons (Fsp3) is 0.367. The van der Waals surface area contributed by atoms with E-state index < -0.39 is 40.7 Å². The molecule has 1 N–H and O–H groups in total. The van der Waals surface area contributed by atoms with Crippen molar-refractivity contribution in [2.45, 2.75) is 58.0 Å². The van der Waals surface area contributed by atoms with Gasteiger partial charge in [0.2, 0.25) is 0 Å². The summed E-state index contributed by atoms with van der Waals surface area (Å²) in [6.07, 6.45) is 3.51. The average molecular weight is 599 g/mol. The molecule has 1 amide bonds. The van der Waals surface area contributed by atoms with Crippen molar-refractivity contribution >= 4 is 39.0 Å². The number of fused-ring (bicyclic) bond motifs is 1. The average Bonchev–Trinajstić information content (AvgIpc) is 3.52. The van der Waals surface area contributed by atoms with E-state index in [0.717, 1.165) is 47.3 Å². The maximum absolute atomic E-state index is 14.9. The van der Waals surface area contributed by atoms with Crippen LogP contribution in [-0.2, 0) is 9.47 Å². The van der Waals surface area contributed by atoms with E-state index in [4.69, 9.17) is 9.47 Å². The fourth-order valence-corrected chi connectivity index (χ4v) is 6.80. The summed E-state index contributed by atoms with van der Waals surface area (Å²) in [6.45, 7) is 4.37. The van der Waals surface area contributed by atoms with E-state index in [0.29, 0.717) is 31.4 Å². The summed E-state index contributed by atoms with van der Waals surface area (Å²) in [6, 6.07) is 8.70. The minimum absolute atomic E-state index is 0.144. The first-order valence-electron chi connectivity index (χ1n) is 13.8. The third-order valence-corrected chi connectivity index (χ3v) is 8.91. The Morgan fingerprint density at radius 2 is 1.88 bits per heavy atom. The minimum Gasteiger partial charge on any atom is -0.353 e. The van der Waals surface area contributed by atoms with Gasteiger partial charge in [0.1, 0.15) is 44.4 Å². The Balaban J connectivity index is 1.50. The van der Waals surface area contributed by atoms with Gasteiger partial charge in [-0.15, -0.1) is 11.3 Å². The summed E-state index contributed by atoms with van der Waals surface area (Å²) in [5, 5.41) is 3.49. The third-order valence-electron chi connectivity index (χ3n) is 7.73. The quantitative estimate of drug-likeness (QED) is 0.276. The van der Waals surface area contributed by atoms with E-state index in [1.165, 1.54) is 37.3 Å². The van der Waals surface area contributed by atoms with E-state index >= 15 is 0 Å². The lowest BCUT2D eigenvalue weighted by molar-refractivity contribution is -0.246. The number of pyridine rings is 2. The molecule has 0 saturated carbocycles. The Hall–Kier alpha value is -3.74. The Morgan fingerprint density at radius 3 is 2.60 bits per heavy atom. The van der Waals surface area contributed by atoms with Crippen molar-refractivity contribution in [2.75, 3.05) is 18.5 Å². The zero-order chi connectivity index (χ0) is 29.6. The molecule has 6 rings (SSSR count). The van der Waals surface area contributed by atoms with Crippen LogP contribution < -0.4 is 10.9 Å². The molecule has 12 heteroatoms. The normalized spacial score (nSPS) is 20.8. The number of anilines is 2. The first-order chi connectivity index (χ1) is 20.2. The number of carbonyl (C=O) groups excluding carboxylic acids is 1. The van der Waals surface area contributed by atoms with Gasteiger partial charge in [-0.2, -0.15) is 0 Å². The second kappa shape index (κ2) is 11.2. The van der Waals surface area contributed by atoms with Crippen molar-refractivity contribution in [3.63, 3.8) is 0 Å². The number of nitrogens with one attached hydrogen (secondary N) is 1. The number of carbonyl (C=O) groups is 1. The monoisotopic (exact) mass is 598 g/mol. The summed E-state index contributed by atoms with van der Waals surface area (Å²) in [7, 11) is 0. The molecule has 2 atom stereocenters. The molecule has 220 valence electrons. The van der Waals surface area contributed by atoms with Crippen molar-refractivity contribution in [3.05, 3.63) is 80.8 Å². The molecule has 1 aromatic carbocycles. The molecule has 0 aliphatic carbocycles. The van der Waals surface area contributed by atoms with Gasteiger partial charge >= 0.3 is 0 Å². The van der Waals surface area contributed by atoms with Gasteiger partial charge in [-0.1, -0.05) is 6.07 Å². The van der Waals surface area contributed by atoms with E-state index in [2.05, 4.69) is 10.3 Å². The van der Waals surface area contributed by atoms with Crippen LogP contribution in [0.3, 0.4) is 0 Å². The highest BCUT2D eigenvalue weighted by Crippen LogP contribution is 2.42. The van der Waals surface area contributed by atoms with Gasteiger partial charge in [-0.05, 0) is 76.3 Å². The van der Waals surface area contributed by atoms with Gasteiger partial charge in [0.05, 0.1) is 11.4 Å². The van der Waals surface area contributed by atoms with Crippen LogP contribution in [0.4, 0.5) is 24.7 Å². The Labute approximate surface area is 243 Å². The van der Waals surface area contributed by atoms with Crippen molar-refractivity contribution in [1.82, 2.24) is 14.5 Å². The molecule has 2 saturated heterocycles. The highest BCUT2D eigenvalue weighted by atomic mass is 32.1. The Morgan fingerprint density at radius 1 is 1.10 bits per heavy atom. The van der Waals surface area contributed by atoms with Gasteiger partial charge in [0, 0.05) is 24.6 Å². The molecule has 0 radical (unpaired) electrons. The first-order valence-corrected chi connectivity index (χ1v) is 14.6. The largest absolute Gasteiger partial charge is 0.353 e. The number of likely N-dealkylation sites (tertiary alicyclic amines) is 1. The molecule has 2 aliphatic heterocycles. The SMILES string of the molecule is Cc1nc(Nc2c(C(=O)N3CCC[C@@]3(C)OC3CCCCO3)sc3c2ccc(=O)n3-c2c(F)cccc2F)ccc1F. The second-order valence-corrected chi connectivity index (χ2v) is 11.6. The molecule has 3 aromatic heterocycles. The van der Waals surface area contributed by atoms with Crippen LogP contribution in [-0.4, -0.2) is 45.5 Å². The van der Waals surface area contributed by atoms with Crippen LogP contribution in [0.1, 0.15) is 54.4 Å². The predicted molar refractivity (Wildman–Crippen MR) is 153 cm³/mol. The number of benzene rings is 1. The smallest absolute Gasteiger partial charge is 0.268 e. The molecular weight excluding hydrogens is 569 g/mol. The summed E-state index contributed by atoms with van der Waals surface area (Å²) in [5.41, 5.74) is -1.73. The Bertz CT molecular complexity index is 1720. The lowest BCUT2D eigenvalue weighted by Gasteiger charge is -2.38. The van der Waals surface area contributed by atoms with E-state index in [1.54, 1.807) is 4.90 Å². The predicted octanol–water partition coefficient (Wildman–Crippen LogP) is 6.41. The minimum atomic E-state index is -0.950. The van der Waals surface area contributed by atoms with Crippen molar-refractivity contribution in [2.24, 2.45) is 0 Å². The number of hydrogen-bond acceptors (Lipinski definition) is 7. The molecule has 4 aromatic rings. The van der Waals surface area contributed by atoms with Crippen LogP contribution in [0.5, 0.6) is 0 Å². The summed E-state index contributed by atoms with van der Waals surface area (Å²) in [5.74, 6) is -2.48. The second-order valence-electron chi connectivity index (χ2n) is 10.6. The van der Waals surface area contributed by atoms with Gasteiger partial charge in [0.15, 0.2) is 6.29 Å². The number of nitrogens with zero attached hydrogens (tertiary/aromatic N) is 3. The number of aromatic nitrogens is 2. The van der Waals surface area contributed by atoms with Crippen molar-refractivity contribution in [3.8, 4) is 5.69 Å². The summed E-state index contributed by atoms with van der Waals surface area (Å²) in [4.78, 5) is 33.6. The fourth-order valence-electron chi connectivity index (χ4n) is 5.60. The maximum atomic E-state index is 14.9. The molecule has 42 heavy (non-hydrogen) atoms. The number of rotatable bonds is 6. The highest BCUT2D eigenvalue weighted by molar-refractivity contribution is 7.21. The molecule has 2 fully saturated rings. The number of amides is 1. The van der Waals surface area contributed by atoms with Gasteiger partial charge < -0.3 is 19.7 Å². The molecule has 5 heterocycles. The van der Waals surface area contributed by atoms with Crippen molar-refractivity contribution < 1.29 is 27.4 Å². The molecular formula is C30H29F3N4O4S. The molecule has 2 aliphatic rings. The van der Waals surface area contributed by atoms with Crippen LogP contribution in [0.2, 0.25) is 0 Å². The van der Waals surface area contributed by atoms with Gasteiger partial charge in [-0.3, -0.25) is 14.2 Å². The Kier molecular flexibility index (Phi) is 7.54. The number of halogens is 3. The standard InChI is InChI=1S/C30H29F3N4O4S/c1-17-19(31)11-12-22(34-17)35-25-18-10-13-23(38)37(26-20(32)7-5-8-21(26)33)29(18)42-27(25)28(39)36-15-6-14-30(36,2)41-24-9-3-4-16-40-24/h5,7-8,10-13,24H,3-4,6,9,14-16H2,1-2H3,(H,34,35)/t24?,30-/m1/s1.